The summed E-state index contributed by atoms with van der Waals surface area (Å²) in [6, 6.07) is 20.0. The summed E-state index contributed by atoms with van der Waals surface area (Å²) in [7, 11) is 0. The van der Waals surface area contributed by atoms with Gasteiger partial charge in [-0.3, -0.25) is 19.7 Å². The van der Waals surface area contributed by atoms with Crippen molar-refractivity contribution < 1.29 is 14.5 Å². The van der Waals surface area contributed by atoms with E-state index in [2.05, 4.69) is 33.2 Å². The second-order valence-electron chi connectivity index (χ2n) is 6.13. The number of carbonyl (C=O) groups is 2. The molecule has 7 nitrogen and oxygen atoms in total. The lowest BCUT2D eigenvalue weighted by molar-refractivity contribution is -0.384. The van der Waals surface area contributed by atoms with Gasteiger partial charge in [0.1, 0.15) is 0 Å². The molecule has 0 atom stereocenters. The molecule has 0 spiro atoms. The van der Waals surface area contributed by atoms with Gasteiger partial charge in [-0.25, -0.2) is 0 Å². The Morgan fingerprint density at radius 2 is 1.63 bits per heavy atom. The molecule has 2 N–H and O–H groups in total. The number of halogens is 1. The predicted octanol–water partition coefficient (Wildman–Crippen LogP) is 5.18. The zero-order valence-electron chi connectivity index (χ0n) is 15.5. The van der Waals surface area contributed by atoms with Gasteiger partial charge in [-0.05, 0) is 77.2 Å². The van der Waals surface area contributed by atoms with Crippen LogP contribution >= 0.6 is 34.4 Å². The van der Waals surface area contributed by atoms with Crippen molar-refractivity contribution in [2.75, 3.05) is 16.4 Å². The number of benzene rings is 3. The Kier molecular flexibility index (Phi) is 7.41. The predicted molar refractivity (Wildman–Crippen MR) is 126 cm³/mol. The number of nitrogens with zero attached hydrogens (tertiary/aromatic N) is 1. The van der Waals surface area contributed by atoms with E-state index in [1.807, 2.05) is 30.3 Å². The molecule has 3 rings (SSSR count). The van der Waals surface area contributed by atoms with Gasteiger partial charge < -0.3 is 10.6 Å². The van der Waals surface area contributed by atoms with Crippen molar-refractivity contribution in [3.63, 3.8) is 0 Å². The number of nitrogens with one attached hydrogen (secondary N) is 2. The number of nitro groups is 1. The van der Waals surface area contributed by atoms with Crippen LogP contribution in [-0.2, 0) is 4.79 Å². The van der Waals surface area contributed by atoms with Gasteiger partial charge in [0.25, 0.3) is 11.6 Å². The maximum absolute atomic E-state index is 12.3. The van der Waals surface area contributed by atoms with Crippen molar-refractivity contribution in [3.8, 4) is 0 Å². The van der Waals surface area contributed by atoms with Crippen LogP contribution in [0.3, 0.4) is 0 Å². The summed E-state index contributed by atoms with van der Waals surface area (Å²) in [4.78, 5) is 35.5. The van der Waals surface area contributed by atoms with E-state index in [0.717, 1.165) is 14.2 Å². The molecule has 3 aromatic carbocycles. The van der Waals surface area contributed by atoms with Gasteiger partial charge in [-0.15, -0.1) is 11.8 Å². The highest BCUT2D eigenvalue weighted by Gasteiger charge is 2.10. The standard InChI is InChI=1S/C21H16IN3O4S/c22-15-6-8-16(9-7-15)23-20(26)13-30-19-3-1-2-17(12-19)24-21(27)14-4-10-18(11-5-14)25(28)29/h1-12H,13H2,(H,23,26)(H,24,27). The Bertz CT molecular complexity index is 1070. The minimum absolute atomic E-state index is 0.0755. The van der Waals surface area contributed by atoms with Crippen molar-refractivity contribution >= 4 is 63.2 Å². The molecule has 0 fully saturated rings. The Morgan fingerprint density at radius 3 is 2.30 bits per heavy atom. The number of hydrogen-bond acceptors (Lipinski definition) is 5. The van der Waals surface area contributed by atoms with Gasteiger partial charge in [0.2, 0.25) is 5.91 Å². The van der Waals surface area contributed by atoms with Crippen molar-refractivity contribution in [2.24, 2.45) is 0 Å². The topological polar surface area (TPSA) is 101 Å². The van der Waals surface area contributed by atoms with Crippen molar-refractivity contribution in [1.29, 1.82) is 0 Å². The first kappa shape index (κ1) is 21.8. The zero-order valence-corrected chi connectivity index (χ0v) is 18.5. The highest BCUT2D eigenvalue weighted by Crippen LogP contribution is 2.23. The van der Waals surface area contributed by atoms with E-state index in [9.17, 15) is 19.7 Å². The molecule has 2 amide bonds. The Balaban J connectivity index is 1.56. The van der Waals surface area contributed by atoms with Crippen LogP contribution in [0.5, 0.6) is 0 Å². The number of anilines is 2. The van der Waals surface area contributed by atoms with Crippen LogP contribution in [0.2, 0.25) is 0 Å². The lowest BCUT2D eigenvalue weighted by Crippen LogP contribution is -2.14. The molecule has 0 aliphatic carbocycles. The third-order valence-corrected chi connectivity index (χ3v) is 5.64. The number of rotatable bonds is 7. The van der Waals surface area contributed by atoms with Gasteiger partial charge in [-0.1, -0.05) is 6.07 Å². The molecule has 0 aromatic heterocycles. The third kappa shape index (κ3) is 6.29. The fourth-order valence-electron chi connectivity index (χ4n) is 2.48. The molecule has 0 bridgehead atoms. The molecule has 0 saturated carbocycles. The van der Waals surface area contributed by atoms with Crippen molar-refractivity contribution in [3.05, 3.63) is 92.0 Å². The molecule has 0 saturated heterocycles. The SMILES string of the molecule is O=C(CSc1cccc(NC(=O)c2ccc([N+](=O)[O-])cc2)c1)Nc1ccc(I)cc1. The van der Waals surface area contributed by atoms with Crippen molar-refractivity contribution in [1.82, 2.24) is 0 Å². The minimum atomic E-state index is -0.517. The maximum Gasteiger partial charge on any atom is 0.269 e. The Labute approximate surface area is 190 Å². The van der Waals surface area contributed by atoms with Crippen LogP contribution in [0.4, 0.5) is 17.1 Å². The first-order valence-corrected chi connectivity index (χ1v) is 10.8. The number of nitro benzene ring substituents is 1. The van der Waals surface area contributed by atoms with E-state index < -0.39 is 4.92 Å². The molecule has 0 radical (unpaired) electrons. The van der Waals surface area contributed by atoms with Gasteiger partial charge in [0.15, 0.2) is 0 Å². The average Bonchev–Trinajstić information content (AvgIpc) is 2.74. The number of hydrogen-bond donors (Lipinski definition) is 2. The highest BCUT2D eigenvalue weighted by atomic mass is 127. The fourth-order valence-corrected chi connectivity index (χ4v) is 3.60. The van der Waals surface area contributed by atoms with E-state index >= 15 is 0 Å². The second kappa shape index (κ2) is 10.2. The smallest absolute Gasteiger partial charge is 0.269 e. The zero-order chi connectivity index (χ0) is 21.5. The third-order valence-electron chi connectivity index (χ3n) is 3.93. The van der Waals surface area contributed by atoms with E-state index in [1.54, 1.807) is 18.2 Å². The monoisotopic (exact) mass is 533 g/mol. The van der Waals surface area contributed by atoms with Gasteiger partial charge in [0.05, 0.1) is 10.7 Å². The lowest BCUT2D eigenvalue weighted by Gasteiger charge is -2.08. The highest BCUT2D eigenvalue weighted by molar-refractivity contribution is 14.1. The van der Waals surface area contributed by atoms with Crippen LogP contribution in [0.1, 0.15) is 10.4 Å². The molecule has 0 aliphatic heterocycles. The number of non-ortho nitro benzene ring substituents is 1. The van der Waals surface area contributed by atoms with Crippen molar-refractivity contribution in [2.45, 2.75) is 4.90 Å². The van der Waals surface area contributed by atoms with Gasteiger partial charge in [-0.2, -0.15) is 0 Å². The van der Waals surface area contributed by atoms with Crippen LogP contribution in [0, 0.1) is 13.7 Å². The molecular formula is C21H16IN3O4S. The van der Waals surface area contributed by atoms with Crippen LogP contribution < -0.4 is 10.6 Å². The molecular weight excluding hydrogens is 517 g/mol. The van der Waals surface area contributed by atoms with Crippen LogP contribution in [0.15, 0.2) is 77.7 Å². The Hall–Kier alpha value is -2.92. The summed E-state index contributed by atoms with van der Waals surface area (Å²) < 4.78 is 1.09. The Morgan fingerprint density at radius 1 is 0.933 bits per heavy atom. The molecule has 3 aromatic rings. The van der Waals surface area contributed by atoms with Crippen LogP contribution in [0.25, 0.3) is 0 Å². The molecule has 0 aliphatic rings. The number of thioether (sulfide) groups is 1. The quantitative estimate of drug-likeness (QED) is 0.189. The molecule has 152 valence electrons. The molecule has 9 heteroatoms. The van der Waals surface area contributed by atoms with E-state index in [4.69, 9.17) is 0 Å². The van der Waals surface area contributed by atoms with Gasteiger partial charge >= 0.3 is 0 Å². The van der Waals surface area contributed by atoms with Gasteiger partial charge in [0, 0.05) is 37.5 Å². The van der Waals surface area contributed by atoms with E-state index in [1.165, 1.54) is 36.0 Å². The fraction of sp³-hybridized carbons (Fsp3) is 0.0476. The molecule has 0 heterocycles. The first-order chi connectivity index (χ1) is 14.4. The van der Waals surface area contributed by atoms with Crippen LogP contribution in [-0.4, -0.2) is 22.5 Å². The summed E-state index contributed by atoms with van der Waals surface area (Å²) in [5.41, 5.74) is 1.55. The average molecular weight is 533 g/mol. The van der Waals surface area contributed by atoms with E-state index in [-0.39, 0.29) is 23.3 Å². The first-order valence-electron chi connectivity index (χ1n) is 8.75. The summed E-state index contributed by atoms with van der Waals surface area (Å²) >= 11 is 3.55. The molecule has 0 unspecified atom stereocenters. The summed E-state index contributed by atoms with van der Waals surface area (Å²) in [6.07, 6.45) is 0. The summed E-state index contributed by atoms with van der Waals surface area (Å²) in [6.45, 7) is 0. The molecule has 30 heavy (non-hydrogen) atoms. The number of carbonyl (C=O) groups excluding carboxylic acids is 2. The summed E-state index contributed by atoms with van der Waals surface area (Å²) in [5, 5.41) is 16.3. The lowest BCUT2D eigenvalue weighted by atomic mass is 10.2. The number of amides is 2. The minimum Gasteiger partial charge on any atom is -0.325 e. The normalized spacial score (nSPS) is 10.3. The largest absolute Gasteiger partial charge is 0.325 e. The maximum atomic E-state index is 12.3. The second-order valence-corrected chi connectivity index (χ2v) is 8.42. The van der Waals surface area contributed by atoms with E-state index in [0.29, 0.717) is 11.3 Å². The summed E-state index contributed by atoms with van der Waals surface area (Å²) in [5.74, 6) is -0.267.